The second-order valence-electron chi connectivity index (χ2n) is 10.9. The quantitative estimate of drug-likeness (QED) is 0.500. The van der Waals surface area contributed by atoms with Crippen molar-refractivity contribution < 1.29 is 18.8 Å². The minimum atomic E-state index is -0.601. The molecule has 4 aliphatic carbocycles. The molecule has 1 aromatic heterocycles. The first-order valence-corrected chi connectivity index (χ1v) is 12.2. The number of amides is 2. The van der Waals surface area contributed by atoms with Gasteiger partial charge in [-0.1, -0.05) is 0 Å². The van der Waals surface area contributed by atoms with Crippen LogP contribution in [0.1, 0.15) is 76.2 Å². The third-order valence-electron chi connectivity index (χ3n) is 8.41. The fourth-order valence-corrected chi connectivity index (χ4v) is 7.22. The monoisotopic (exact) mass is 465 g/mol. The number of benzene rings is 1. The van der Waals surface area contributed by atoms with Gasteiger partial charge in [0.05, 0.1) is 11.3 Å². The maximum atomic E-state index is 13.6. The molecular weight excluding hydrogens is 433 g/mol. The van der Waals surface area contributed by atoms with E-state index in [0.717, 1.165) is 19.3 Å². The van der Waals surface area contributed by atoms with E-state index in [1.165, 1.54) is 31.4 Å². The number of rotatable bonds is 5. The van der Waals surface area contributed by atoms with E-state index in [1.807, 2.05) is 0 Å². The third kappa shape index (κ3) is 3.75. The van der Waals surface area contributed by atoms with Crippen molar-refractivity contribution in [3.63, 3.8) is 0 Å². The fraction of sp³-hybridized carbons (Fsp3) is 0.519. The maximum absolute atomic E-state index is 13.6. The van der Waals surface area contributed by atoms with Gasteiger partial charge in [-0.05, 0) is 106 Å². The molecule has 2 amide bonds. The first kappa shape index (κ1) is 22.8. The van der Waals surface area contributed by atoms with Gasteiger partial charge in [0.1, 0.15) is 5.82 Å². The Morgan fingerprint density at radius 2 is 1.59 bits per heavy atom. The van der Waals surface area contributed by atoms with Crippen LogP contribution in [-0.4, -0.2) is 27.7 Å². The molecule has 1 heterocycles. The predicted molar refractivity (Wildman–Crippen MR) is 127 cm³/mol. The maximum Gasteiger partial charge on any atom is 0.294 e. The number of hydrogen-bond donors (Lipinski definition) is 2. The minimum Gasteiger partial charge on any atom is -0.344 e. The molecule has 4 fully saturated rings. The van der Waals surface area contributed by atoms with Crippen LogP contribution in [0.3, 0.4) is 0 Å². The zero-order valence-corrected chi connectivity index (χ0v) is 20.3. The number of carbonyl (C=O) groups excluding carboxylic acids is 3. The Morgan fingerprint density at radius 3 is 2.15 bits per heavy atom. The zero-order valence-electron chi connectivity index (χ0n) is 20.3. The van der Waals surface area contributed by atoms with Crippen LogP contribution in [0.4, 0.5) is 10.1 Å². The van der Waals surface area contributed by atoms with Crippen molar-refractivity contribution in [3.05, 3.63) is 52.1 Å². The summed E-state index contributed by atoms with van der Waals surface area (Å²) in [4.78, 5) is 39.6. The molecule has 34 heavy (non-hydrogen) atoms. The van der Waals surface area contributed by atoms with Crippen molar-refractivity contribution in [2.75, 3.05) is 5.32 Å². The number of halogens is 1. The second-order valence-corrected chi connectivity index (χ2v) is 10.9. The number of hydrogen-bond acceptors (Lipinski definition) is 3. The molecule has 1 aromatic carbocycles. The van der Waals surface area contributed by atoms with Gasteiger partial charge in [-0.15, -0.1) is 0 Å². The Hall–Kier alpha value is -2.96. The van der Waals surface area contributed by atoms with Gasteiger partial charge in [-0.25, -0.2) is 4.39 Å². The normalized spacial score (nSPS) is 27.0. The van der Waals surface area contributed by atoms with E-state index >= 15 is 0 Å². The minimum absolute atomic E-state index is 0.236. The SMILES string of the molecule is Cc1cc(NC(=O)c2c(C)c(C(=O)C(=O)NC34CC5CC(CC(C5)C3)C4)n(C)c2C)ccc1F. The van der Waals surface area contributed by atoms with Crippen LogP contribution in [0.2, 0.25) is 0 Å². The number of ketones is 1. The number of nitrogens with one attached hydrogen (secondary N) is 2. The molecule has 4 saturated carbocycles. The summed E-state index contributed by atoms with van der Waals surface area (Å²) < 4.78 is 15.2. The average Bonchev–Trinajstić information content (AvgIpc) is 2.97. The third-order valence-corrected chi connectivity index (χ3v) is 8.41. The number of aromatic nitrogens is 1. The van der Waals surface area contributed by atoms with Crippen LogP contribution in [0, 0.1) is 44.3 Å². The summed E-state index contributed by atoms with van der Waals surface area (Å²) >= 11 is 0. The van der Waals surface area contributed by atoms with E-state index in [4.69, 9.17) is 0 Å². The van der Waals surface area contributed by atoms with Crippen LogP contribution in [-0.2, 0) is 11.8 Å². The van der Waals surface area contributed by atoms with Crippen molar-refractivity contribution in [2.45, 2.75) is 64.8 Å². The summed E-state index contributed by atoms with van der Waals surface area (Å²) in [6.45, 7) is 5.08. The van der Waals surface area contributed by atoms with Crippen molar-refractivity contribution in [1.29, 1.82) is 0 Å². The van der Waals surface area contributed by atoms with Gasteiger partial charge >= 0.3 is 0 Å². The van der Waals surface area contributed by atoms with Crippen LogP contribution in [0.15, 0.2) is 18.2 Å². The summed E-state index contributed by atoms with van der Waals surface area (Å²) in [6.07, 6.45) is 6.66. The Bertz CT molecular complexity index is 1180. The highest BCUT2D eigenvalue weighted by Gasteiger charge is 2.52. The Balaban J connectivity index is 1.37. The summed E-state index contributed by atoms with van der Waals surface area (Å²) in [5, 5.41) is 5.94. The molecule has 180 valence electrons. The van der Waals surface area contributed by atoms with E-state index in [0.29, 0.717) is 45.8 Å². The predicted octanol–water partition coefficient (Wildman–Crippen LogP) is 4.61. The Labute approximate surface area is 199 Å². The van der Waals surface area contributed by atoms with Gasteiger partial charge in [-0.2, -0.15) is 0 Å². The number of nitrogens with zero attached hydrogens (tertiary/aromatic N) is 1. The number of Topliss-reactive ketones (excluding diaryl/α,β-unsaturated/α-hetero) is 1. The standard InChI is InChI=1S/C27H32FN3O3/c1-14-7-20(5-6-21(14)28)29-25(33)22-15(2)23(31(4)16(22)3)24(32)26(34)30-27-11-17-8-18(12-27)10-19(9-17)13-27/h5-7,17-19H,8-13H2,1-4H3,(H,29,33)(H,30,34). The van der Waals surface area contributed by atoms with Gasteiger partial charge in [0, 0.05) is 24.0 Å². The summed E-state index contributed by atoms with van der Waals surface area (Å²) in [5.74, 6) is 0.0608. The van der Waals surface area contributed by atoms with Crippen molar-refractivity contribution in [1.82, 2.24) is 9.88 Å². The lowest BCUT2D eigenvalue weighted by atomic mass is 9.53. The smallest absolute Gasteiger partial charge is 0.294 e. The average molecular weight is 466 g/mol. The first-order chi connectivity index (χ1) is 16.1. The molecule has 0 atom stereocenters. The topological polar surface area (TPSA) is 80.2 Å². The molecule has 0 saturated heterocycles. The van der Waals surface area contributed by atoms with Crippen molar-refractivity contribution >= 4 is 23.3 Å². The highest BCUT2D eigenvalue weighted by molar-refractivity contribution is 6.43. The van der Waals surface area contributed by atoms with E-state index in [1.54, 1.807) is 38.5 Å². The van der Waals surface area contributed by atoms with Crippen LogP contribution in [0.5, 0.6) is 0 Å². The van der Waals surface area contributed by atoms with Crippen LogP contribution >= 0.6 is 0 Å². The summed E-state index contributed by atoms with van der Waals surface area (Å²) in [5.41, 5.74) is 2.31. The molecule has 0 radical (unpaired) electrons. The Kier molecular flexibility index (Phi) is 5.41. The molecule has 0 aliphatic heterocycles. The van der Waals surface area contributed by atoms with Crippen molar-refractivity contribution in [2.24, 2.45) is 24.8 Å². The van der Waals surface area contributed by atoms with E-state index in [-0.39, 0.29) is 17.1 Å². The largest absolute Gasteiger partial charge is 0.344 e. The second kappa shape index (κ2) is 8.07. The highest BCUT2D eigenvalue weighted by Crippen LogP contribution is 2.55. The number of aryl methyl sites for hydroxylation is 1. The number of anilines is 1. The fourth-order valence-electron chi connectivity index (χ4n) is 7.22. The lowest BCUT2D eigenvalue weighted by Gasteiger charge is -2.56. The zero-order chi connectivity index (χ0) is 24.4. The Morgan fingerprint density at radius 1 is 1.00 bits per heavy atom. The van der Waals surface area contributed by atoms with E-state index in [9.17, 15) is 18.8 Å². The van der Waals surface area contributed by atoms with Gasteiger partial charge in [-0.3, -0.25) is 14.4 Å². The van der Waals surface area contributed by atoms with E-state index in [2.05, 4.69) is 10.6 Å². The molecule has 6 nitrogen and oxygen atoms in total. The molecule has 0 unspecified atom stereocenters. The van der Waals surface area contributed by atoms with Crippen LogP contribution in [0.25, 0.3) is 0 Å². The lowest BCUT2D eigenvalue weighted by Crippen LogP contribution is -2.60. The molecule has 6 rings (SSSR count). The van der Waals surface area contributed by atoms with Crippen LogP contribution < -0.4 is 10.6 Å². The summed E-state index contributed by atoms with van der Waals surface area (Å²) in [6, 6.07) is 4.37. The molecule has 4 aliphatic rings. The molecule has 0 spiro atoms. The lowest BCUT2D eigenvalue weighted by molar-refractivity contribution is -0.122. The van der Waals surface area contributed by atoms with Gasteiger partial charge in [0.15, 0.2) is 0 Å². The molecule has 7 heteroatoms. The highest BCUT2D eigenvalue weighted by atomic mass is 19.1. The van der Waals surface area contributed by atoms with E-state index < -0.39 is 17.6 Å². The summed E-state index contributed by atoms with van der Waals surface area (Å²) in [7, 11) is 1.70. The first-order valence-electron chi connectivity index (χ1n) is 12.2. The van der Waals surface area contributed by atoms with Crippen molar-refractivity contribution in [3.8, 4) is 0 Å². The number of carbonyl (C=O) groups is 3. The molecule has 4 bridgehead atoms. The van der Waals surface area contributed by atoms with Gasteiger partial charge in [0.25, 0.3) is 17.6 Å². The van der Waals surface area contributed by atoms with Gasteiger partial charge < -0.3 is 15.2 Å². The molecular formula is C27H32FN3O3. The molecule has 2 aromatic rings. The van der Waals surface area contributed by atoms with Gasteiger partial charge in [0.2, 0.25) is 0 Å². The molecule has 2 N–H and O–H groups in total.